The van der Waals surface area contributed by atoms with Crippen molar-refractivity contribution in [2.24, 2.45) is 0 Å². The molecule has 0 bridgehead atoms. The minimum absolute atomic E-state index is 0.0607. The highest BCUT2D eigenvalue weighted by Crippen LogP contribution is 2.34. The number of hydrogen-bond acceptors (Lipinski definition) is 4. The Morgan fingerprint density at radius 2 is 1.71 bits per heavy atom. The van der Waals surface area contributed by atoms with Gasteiger partial charge in [0.25, 0.3) is 5.91 Å². The minimum atomic E-state index is 0.0607. The average molecular weight is 448 g/mol. The summed E-state index contributed by atoms with van der Waals surface area (Å²) in [6, 6.07) is 22.2. The Kier molecular flexibility index (Phi) is 5.72. The Morgan fingerprint density at radius 3 is 2.45 bits per heavy atom. The first-order valence-corrected chi connectivity index (χ1v) is 11.6. The van der Waals surface area contributed by atoms with Crippen molar-refractivity contribution in [3.8, 4) is 11.3 Å². The Labute approximate surface area is 190 Å². The van der Waals surface area contributed by atoms with Crippen LogP contribution in [-0.4, -0.2) is 46.9 Å². The molecule has 3 heterocycles. The first-order valence-electron chi connectivity index (χ1n) is 10.4. The minimum Gasteiger partial charge on any atom is -0.336 e. The molecule has 2 aromatic carbocycles. The first-order chi connectivity index (χ1) is 15.2. The third kappa shape index (κ3) is 4.22. The normalized spacial score (nSPS) is 14.8. The van der Waals surface area contributed by atoms with Crippen LogP contribution in [0, 0.1) is 0 Å². The van der Waals surface area contributed by atoms with Crippen LogP contribution in [0.15, 0.2) is 72.1 Å². The first kappa shape index (κ1) is 20.2. The van der Waals surface area contributed by atoms with E-state index in [0.29, 0.717) is 9.90 Å². The molecule has 1 fully saturated rings. The predicted molar refractivity (Wildman–Crippen MR) is 128 cm³/mol. The van der Waals surface area contributed by atoms with Crippen LogP contribution >= 0.6 is 22.9 Å². The molecule has 0 aliphatic carbocycles. The van der Waals surface area contributed by atoms with Gasteiger partial charge in [0, 0.05) is 43.7 Å². The van der Waals surface area contributed by atoms with E-state index in [0.717, 1.165) is 54.9 Å². The van der Waals surface area contributed by atoms with Gasteiger partial charge in [0.2, 0.25) is 0 Å². The van der Waals surface area contributed by atoms with E-state index < -0.39 is 0 Å². The number of halogens is 1. The van der Waals surface area contributed by atoms with E-state index in [9.17, 15) is 4.79 Å². The van der Waals surface area contributed by atoms with Crippen LogP contribution in [-0.2, 0) is 6.54 Å². The lowest BCUT2D eigenvalue weighted by molar-refractivity contribution is 0.0630. The molecule has 0 N–H and O–H groups in total. The lowest BCUT2D eigenvalue weighted by atomic mass is 10.0. The molecule has 0 atom stereocenters. The second kappa shape index (κ2) is 8.79. The van der Waals surface area contributed by atoms with E-state index in [4.69, 9.17) is 16.6 Å². The molecular weight excluding hydrogens is 426 g/mol. The van der Waals surface area contributed by atoms with E-state index in [1.807, 2.05) is 52.7 Å². The smallest absolute Gasteiger partial charge is 0.254 e. The van der Waals surface area contributed by atoms with E-state index in [-0.39, 0.29) is 5.91 Å². The van der Waals surface area contributed by atoms with Crippen LogP contribution in [0.1, 0.15) is 15.9 Å². The zero-order valence-corrected chi connectivity index (χ0v) is 18.6. The Bertz CT molecular complexity index is 1220. The van der Waals surface area contributed by atoms with Crippen LogP contribution < -0.4 is 0 Å². The molecule has 4 aromatic rings. The van der Waals surface area contributed by atoms with Crippen LogP contribution in [0.2, 0.25) is 4.34 Å². The van der Waals surface area contributed by atoms with Gasteiger partial charge in [-0.05, 0) is 29.1 Å². The van der Waals surface area contributed by atoms with Crippen LogP contribution in [0.5, 0.6) is 0 Å². The third-order valence-electron chi connectivity index (χ3n) is 5.75. The topological polar surface area (TPSA) is 36.4 Å². The zero-order valence-electron chi connectivity index (χ0n) is 17.0. The molecule has 6 heteroatoms. The SMILES string of the molecule is O=C(c1cc(-c2ccsc2Cl)nc2ccccc12)N1CCN(Cc2ccccc2)CC1. The number of piperazine rings is 1. The van der Waals surface area contributed by atoms with E-state index in [2.05, 4.69) is 29.2 Å². The quantitative estimate of drug-likeness (QED) is 0.410. The van der Waals surface area contributed by atoms with Crippen molar-refractivity contribution in [1.29, 1.82) is 0 Å². The fraction of sp³-hybridized carbons (Fsp3) is 0.200. The van der Waals surface area contributed by atoms with Gasteiger partial charge in [0.15, 0.2) is 0 Å². The summed E-state index contributed by atoms with van der Waals surface area (Å²) in [5, 5.41) is 2.83. The Morgan fingerprint density at radius 1 is 0.968 bits per heavy atom. The summed E-state index contributed by atoms with van der Waals surface area (Å²) in [5.74, 6) is 0.0607. The summed E-state index contributed by atoms with van der Waals surface area (Å²) in [7, 11) is 0. The third-order valence-corrected chi connectivity index (χ3v) is 6.92. The maximum absolute atomic E-state index is 13.5. The van der Waals surface area contributed by atoms with Crippen molar-refractivity contribution in [1.82, 2.24) is 14.8 Å². The second-order valence-corrected chi connectivity index (χ2v) is 9.25. The molecule has 5 rings (SSSR count). The molecule has 31 heavy (non-hydrogen) atoms. The monoisotopic (exact) mass is 447 g/mol. The molecule has 0 saturated carbocycles. The molecule has 1 aliphatic heterocycles. The van der Waals surface area contributed by atoms with Gasteiger partial charge in [0.1, 0.15) is 4.34 Å². The average Bonchev–Trinajstić information content (AvgIpc) is 3.25. The van der Waals surface area contributed by atoms with E-state index >= 15 is 0 Å². The fourth-order valence-electron chi connectivity index (χ4n) is 4.09. The van der Waals surface area contributed by atoms with Crippen LogP contribution in [0.3, 0.4) is 0 Å². The molecule has 2 aromatic heterocycles. The van der Waals surface area contributed by atoms with Gasteiger partial charge in [0.05, 0.1) is 16.8 Å². The molecular formula is C25H22ClN3OS. The lowest BCUT2D eigenvalue weighted by Crippen LogP contribution is -2.48. The van der Waals surface area contributed by atoms with E-state index in [1.165, 1.54) is 16.9 Å². The predicted octanol–water partition coefficient (Wildman–Crippen LogP) is 5.57. The van der Waals surface area contributed by atoms with Gasteiger partial charge >= 0.3 is 0 Å². The van der Waals surface area contributed by atoms with Crippen LogP contribution in [0.25, 0.3) is 22.2 Å². The van der Waals surface area contributed by atoms with Crippen molar-refractivity contribution in [2.75, 3.05) is 26.2 Å². The number of benzene rings is 2. The van der Waals surface area contributed by atoms with Gasteiger partial charge in [-0.2, -0.15) is 0 Å². The van der Waals surface area contributed by atoms with Gasteiger partial charge in [-0.3, -0.25) is 9.69 Å². The second-order valence-electron chi connectivity index (χ2n) is 7.73. The number of hydrogen-bond donors (Lipinski definition) is 0. The van der Waals surface area contributed by atoms with Gasteiger partial charge in [-0.15, -0.1) is 11.3 Å². The van der Waals surface area contributed by atoms with Crippen molar-refractivity contribution in [3.63, 3.8) is 0 Å². The van der Waals surface area contributed by atoms with Crippen molar-refractivity contribution < 1.29 is 4.79 Å². The summed E-state index contributed by atoms with van der Waals surface area (Å²) in [4.78, 5) is 22.7. The molecule has 0 radical (unpaired) electrons. The molecule has 1 saturated heterocycles. The maximum Gasteiger partial charge on any atom is 0.254 e. The standard InChI is InChI=1S/C25H22ClN3OS/c26-24-20(10-15-31-24)23-16-21(19-8-4-5-9-22(19)27-23)25(30)29-13-11-28(12-14-29)17-18-6-2-1-3-7-18/h1-10,15-16H,11-14,17H2. The summed E-state index contributed by atoms with van der Waals surface area (Å²) in [6.45, 7) is 4.09. The largest absolute Gasteiger partial charge is 0.336 e. The molecule has 0 unspecified atom stereocenters. The number of carbonyl (C=O) groups is 1. The number of amides is 1. The van der Waals surface area contributed by atoms with Crippen molar-refractivity contribution in [3.05, 3.63) is 87.6 Å². The number of aromatic nitrogens is 1. The van der Waals surface area contributed by atoms with Gasteiger partial charge in [-0.25, -0.2) is 4.98 Å². The highest BCUT2D eigenvalue weighted by molar-refractivity contribution is 7.15. The number of fused-ring (bicyclic) bond motifs is 1. The number of nitrogens with zero attached hydrogens (tertiary/aromatic N) is 3. The van der Waals surface area contributed by atoms with Crippen molar-refractivity contribution in [2.45, 2.75) is 6.54 Å². The molecule has 4 nitrogen and oxygen atoms in total. The summed E-state index contributed by atoms with van der Waals surface area (Å²) < 4.78 is 0.690. The fourth-order valence-corrected chi connectivity index (χ4v) is 5.03. The van der Waals surface area contributed by atoms with Crippen LogP contribution in [0.4, 0.5) is 0 Å². The summed E-state index contributed by atoms with van der Waals surface area (Å²) >= 11 is 7.84. The number of rotatable bonds is 4. The van der Waals surface area contributed by atoms with Gasteiger partial charge < -0.3 is 4.90 Å². The molecule has 156 valence electrons. The summed E-state index contributed by atoms with van der Waals surface area (Å²) in [5.41, 5.74) is 4.43. The molecule has 1 aliphatic rings. The number of carbonyl (C=O) groups excluding carboxylic acids is 1. The molecule has 1 amide bonds. The number of pyridine rings is 1. The maximum atomic E-state index is 13.5. The van der Waals surface area contributed by atoms with Crippen molar-refractivity contribution >= 4 is 39.7 Å². The Balaban J connectivity index is 1.39. The van der Waals surface area contributed by atoms with E-state index in [1.54, 1.807) is 0 Å². The number of para-hydroxylation sites is 1. The summed E-state index contributed by atoms with van der Waals surface area (Å²) in [6.07, 6.45) is 0. The lowest BCUT2D eigenvalue weighted by Gasteiger charge is -2.35. The highest BCUT2D eigenvalue weighted by Gasteiger charge is 2.24. The number of thiophene rings is 1. The molecule has 0 spiro atoms. The highest BCUT2D eigenvalue weighted by atomic mass is 35.5. The van der Waals surface area contributed by atoms with Gasteiger partial charge in [-0.1, -0.05) is 60.1 Å². The zero-order chi connectivity index (χ0) is 21.2. The Hall–Kier alpha value is -2.73.